The van der Waals surface area contributed by atoms with E-state index in [1.54, 1.807) is 0 Å². The Morgan fingerprint density at radius 2 is 2.24 bits per heavy atom. The molecule has 0 saturated carbocycles. The molecular formula is C14H25N3. The van der Waals surface area contributed by atoms with Gasteiger partial charge in [0, 0.05) is 31.5 Å². The van der Waals surface area contributed by atoms with Crippen LogP contribution < -0.4 is 5.32 Å². The van der Waals surface area contributed by atoms with E-state index in [1.165, 1.54) is 18.4 Å². The largest absolute Gasteiger partial charge is 0.315 e. The summed E-state index contributed by atoms with van der Waals surface area (Å²) in [6.45, 7) is 7.60. The van der Waals surface area contributed by atoms with Crippen molar-refractivity contribution in [3.63, 3.8) is 0 Å². The lowest BCUT2D eigenvalue weighted by Gasteiger charge is -2.27. The molecule has 17 heavy (non-hydrogen) atoms. The Kier molecular flexibility index (Phi) is 6.82. The van der Waals surface area contributed by atoms with E-state index in [2.05, 4.69) is 42.2 Å². The summed E-state index contributed by atoms with van der Waals surface area (Å²) in [6.07, 6.45) is 6.14. The van der Waals surface area contributed by atoms with Crippen LogP contribution in [-0.2, 0) is 6.54 Å². The van der Waals surface area contributed by atoms with E-state index in [-0.39, 0.29) is 0 Å². The second-order valence-corrected chi connectivity index (χ2v) is 4.54. The average Bonchev–Trinajstić information content (AvgIpc) is 2.36. The van der Waals surface area contributed by atoms with E-state index >= 15 is 0 Å². The van der Waals surface area contributed by atoms with Crippen LogP contribution in [0.25, 0.3) is 0 Å². The number of aromatic nitrogens is 1. The van der Waals surface area contributed by atoms with E-state index in [0.29, 0.717) is 6.04 Å². The van der Waals surface area contributed by atoms with Gasteiger partial charge in [-0.1, -0.05) is 19.9 Å². The van der Waals surface area contributed by atoms with E-state index in [4.69, 9.17) is 0 Å². The first-order chi connectivity index (χ1) is 8.27. The summed E-state index contributed by atoms with van der Waals surface area (Å²) in [7, 11) is 2.19. The molecule has 1 aromatic heterocycles. The monoisotopic (exact) mass is 235 g/mol. The molecule has 3 heteroatoms. The molecule has 1 atom stereocenters. The van der Waals surface area contributed by atoms with Gasteiger partial charge >= 0.3 is 0 Å². The Balaban J connectivity index is 2.40. The SMILES string of the molecule is CCCNCC(CC)N(C)Cc1cccnc1. The smallest absolute Gasteiger partial charge is 0.0312 e. The number of rotatable bonds is 8. The van der Waals surface area contributed by atoms with Crippen LogP contribution in [0.15, 0.2) is 24.5 Å². The zero-order valence-electron chi connectivity index (χ0n) is 11.3. The summed E-state index contributed by atoms with van der Waals surface area (Å²) < 4.78 is 0. The summed E-state index contributed by atoms with van der Waals surface area (Å²) in [5, 5.41) is 3.50. The molecule has 0 aromatic carbocycles. The van der Waals surface area contributed by atoms with Gasteiger partial charge in [0.1, 0.15) is 0 Å². The van der Waals surface area contributed by atoms with Gasteiger partial charge in [-0.3, -0.25) is 9.88 Å². The van der Waals surface area contributed by atoms with Gasteiger partial charge in [0.25, 0.3) is 0 Å². The molecule has 3 nitrogen and oxygen atoms in total. The van der Waals surface area contributed by atoms with Crippen LogP contribution >= 0.6 is 0 Å². The maximum Gasteiger partial charge on any atom is 0.0312 e. The summed E-state index contributed by atoms with van der Waals surface area (Å²) >= 11 is 0. The number of pyridine rings is 1. The van der Waals surface area contributed by atoms with Crippen molar-refractivity contribution in [3.05, 3.63) is 30.1 Å². The van der Waals surface area contributed by atoms with E-state index in [0.717, 1.165) is 19.6 Å². The first kappa shape index (κ1) is 14.1. The van der Waals surface area contributed by atoms with E-state index in [9.17, 15) is 0 Å². The fourth-order valence-corrected chi connectivity index (χ4v) is 1.97. The Labute approximate surface area is 105 Å². The highest BCUT2D eigenvalue weighted by atomic mass is 15.1. The lowest BCUT2D eigenvalue weighted by molar-refractivity contribution is 0.221. The van der Waals surface area contributed by atoms with Crippen LogP contribution in [0.2, 0.25) is 0 Å². The van der Waals surface area contributed by atoms with E-state index in [1.807, 2.05) is 18.5 Å². The molecule has 0 aliphatic rings. The Morgan fingerprint density at radius 1 is 1.41 bits per heavy atom. The highest BCUT2D eigenvalue weighted by Crippen LogP contribution is 2.07. The van der Waals surface area contributed by atoms with Crippen molar-refractivity contribution in [3.8, 4) is 0 Å². The lowest BCUT2D eigenvalue weighted by Crippen LogP contribution is -2.39. The highest BCUT2D eigenvalue weighted by molar-refractivity contribution is 5.08. The Bertz CT molecular complexity index is 287. The van der Waals surface area contributed by atoms with Crippen LogP contribution in [0.4, 0.5) is 0 Å². The number of hydrogen-bond acceptors (Lipinski definition) is 3. The summed E-state index contributed by atoms with van der Waals surface area (Å²) in [6, 6.07) is 4.73. The van der Waals surface area contributed by atoms with Crippen LogP contribution in [0.1, 0.15) is 32.3 Å². The molecule has 1 N–H and O–H groups in total. The molecule has 0 fully saturated rings. The molecule has 0 saturated heterocycles. The third-order valence-corrected chi connectivity index (χ3v) is 3.06. The van der Waals surface area contributed by atoms with Crippen LogP contribution in [0.3, 0.4) is 0 Å². The van der Waals surface area contributed by atoms with Crippen LogP contribution in [0.5, 0.6) is 0 Å². The summed E-state index contributed by atoms with van der Waals surface area (Å²) in [5.74, 6) is 0. The zero-order valence-corrected chi connectivity index (χ0v) is 11.3. The molecule has 0 spiro atoms. The summed E-state index contributed by atoms with van der Waals surface area (Å²) in [4.78, 5) is 6.56. The third-order valence-electron chi connectivity index (χ3n) is 3.06. The Hall–Kier alpha value is -0.930. The molecule has 0 bridgehead atoms. The highest BCUT2D eigenvalue weighted by Gasteiger charge is 2.12. The van der Waals surface area contributed by atoms with Crippen molar-refractivity contribution < 1.29 is 0 Å². The Morgan fingerprint density at radius 3 is 2.82 bits per heavy atom. The first-order valence-electron chi connectivity index (χ1n) is 6.57. The van der Waals surface area contributed by atoms with Crippen molar-refractivity contribution in [2.24, 2.45) is 0 Å². The van der Waals surface area contributed by atoms with Gasteiger partial charge in [0.05, 0.1) is 0 Å². The molecule has 96 valence electrons. The second kappa shape index (κ2) is 8.20. The predicted octanol–water partition coefficient (Wildman–Crippen LogP) is 2.29. The molecule has 0 aliphatic carbocycles. The first-order valence-corrected chi connectivity index (χ1v) is 6.57. The molecule has 1 heterocycles. The fourth-order valence-electron chi connectivity index (χ4n) is 1.97. The number of nitrogens with zero attached hydrogens (tertiary/aromatic N) is 2. The maximum atomic E-state index is 4.16. The fraction of sp³-hybridized carbons (Fsp3) is 0.643. The van der Waals surface area contributed by atoms with Gasteiger partial charge in [-0.15, -0.1) is 0 Å². The number of nitrogens with one attached hydrogen (secondary N) is 1. The summed E-state index contributed by atoms with van der Waals surface area (Å²) in [5.41, 5.74) is 1.28. The van der Waals surface area contributed by atoms with Gasteiger partial charge in [-0.05, 0) is 38.1 Å². The second-order valence-electron chi connectivity index (χ2n) is 4.54. The van der Waals surface area contributed by atoms with Gasteiger partial charge in [-0.25, -0.2) is 0 Å². The minimum absolute atomic E-state index is 0.599. The molecule has 1 unspecified atom stereocenters. The average molecular weight is 235 g/mol. The van der Waals surface area contributed by atoms with Gasteiger partial charge in [-0.2, -0.15) is 0 Å². The lowest BCUT2D eigenvalue weighted by atomic mass is 10.1. The van der Waals surface area contributed by atoms with Gasteiger partial charge in [0.15, 0.2) is 0 Å². The van der Waals surface area contributed by atoms with Crippen LogP contribution in [0, 0.1) is 0 Å². The molecule has 1 aromatic rings. The zero-order chi connectivity index (χ0) is 12.5. The normalized spacial score (nSPS) is 12.9. The number of hydrogen-bond donors (Lipinski definition) is 1. The quantitative estimate of drug-likeness (QED) is 0.701. The minimum atomic E-state index is 0.599. The van der Waals surface area contributed by atoms with Crippen LogP contribution in [-0.4, -0.2) is 36.1 Å². The van der Waals surface area contributed by atoms with Crippen molar-refractivity contribution in [1.82, 2.24) is 15.2 Å². The molecule has 1 rings (SSSR count). The maximum absolute atomic E-state index is 4.16. The van der Waals surface area contributed by atoms with Crippen molar-refractivity contribution in [1.29, 1.82) is 0 Å². The van der Waals surface area contributed by atoms with Gasteiger partial charge in [0.2, 0.25) is 0 Å². The standard InChI is InChI=1S/C14H25N3/c1-4-8-15-11-14(5-2)17(3)12-13-7-6-9-16-10-13/h6-7,9-10,14-15H,4-5,8,11-12H2,1-3H3. The molecular weight excluding hydrogens is 210 g/mol. The van der Waals surface area contributed by atoms with Crippen molar-refractivity contribution in [2.45, 2.75) is 39.3 Å². The number of likely N-dealkylation sites (N-methyl/N-ethyl adjacent to an activating group) is 1. The van der Waals surface area contributed by atoms with Crippen molar-refractivity contribution >= 4 is 0 Å². The topological polar surface area (TPSA) is 28.2 Å². The molecule has 0 amide bonds. The van der Waals surface area contributed by atoms with Crippen molar-refractivity contribution in [2.75, 3.05) is 20.1 Å². The molecule has 0 radical (unpaired) electrons. The van der Waals surface area contributed by atoms with E-state index < -0.39 is 0 Å². The third kappa shape index (κ3) is 5.29. The molecule has 0 aliphatic heterocycles. The predicted molar refractivity (Wildman–Crippen MR) is 72.9 cm³/mol. The minimum Gasteiger partial charge on any atom is -0.315 e. The van der Waals surface area contributed by atoms with Gasteiger partial charge < -0.3 is 5.32 Å².